The Kier molecular flexibility index (Phi) is 5.39. The molecule has 0 unspecified atom stereocenters. The second-order valence-electron chi connectivity index (χ2n) is 6.56. The van der Waals surface area contributed by atoms with E-state index < -0.39 is 10.1 Å². The highest BCUT2D eigenvalue weighted by molar-refractivity contribution is 7.87. The molecule has 0 amide bonds. The quantitative estimate of drug-likeness (QED) is 0.423. The monoisotopic (exact) mass is 438 g/mol. The van der Waals surface area contributed by atoms with Crippen molar-refractivity contribution in [1.29, 1.82) is 0 Å². The first-order valence-corrected chi connectivity index (χ1v) is 10.6. The predicted molar refractivity (Wildman–Crippen MR) is 113 cm³/mol. The summed E-state index contributed by atoms with van der Waals surface area (Å²) in [6.07, 6.45) is 1.55. The van der Waals surface area contributed by atoms with E-state index in [0.717, 1.165) is 0 Å². The van der Waals surface area contributed by atoms with E-state index in [1.165, 1.54) is 44.6 Å². The topological polar surface area (TPSA) is 88.1 Å². The van der Waals surface area contributed by atoms with E-state index in [4.69, 9.17) is 18.4 Å². The summed E-state index contributed by atoms with van der Waals surface area (Å²) in [4.78, 5) is 12.8. The molecule has 31 heavy (non-hydrogen) atoms. The normalized spacial score (nSPS) is 14.1. The molecule has 1 aliphatic rings. The summed E-state index contributed by atoms with van der Waals surface area (Å²) in [5.74, 6) is 1.12. The molecule has 4 rings (SSSR count). The fourth-order valence-corrected chi connectivity index (χ4v) is 4.02. The zero-order valence-corrected chi connectivity index (χ0v) is 17.5. The third-order valence-electron chi connectivity index (χ3n) is 4.60. The summed E-state index contributed by atoms with van der Waals surface area (Å²) in [6.45, 7) is 0. The number of carbonyl (C=O) groups is 1. The van der Waals surface area contributed by atoms with Gasteiger partial charge in [0.1, 0.15) is 27.9 Å². The predicted octanol–water partition coefficient (Wildman–Crippen LogP) is 4.09. The molecular formula is C23H18O7S. The lowest BCUT2D eigenvalue weighted by Crippen LogP contribution is -2.09. The summed E-state index contributed by atoms with van der Waals surface area (Å²) >= 11 is 0. The Hall–Kier alpha value is -3.78. The van der Waals surface area contributed by atoms with Crippen molar-refractivity contribution in [2.45, 2.75) is 4.90 Å². The summed E-state index contributed by atoms with van der Waals surface area (Å²) in [5.41, 5.74) is 0.902. The van der Waals surface area contributed by atoms with Crippen LogP contribution in [0, 0.1) is 0 Å². The van der Waals surface area contributed by atoms with Crippen molar-refractivity contribution in [1.82, 2.24) is 0 Å². The fourth-order valence-electron chi connectivity index (χ4n) is 3.07. The summed E-state index contributed by atoms with van der Waals surface area (Å²) < 4.78 is 46.3. The molecule has 0 radical (unpaired) electrons. The van der Waals surface area contributed by atoms with Crippen LogP contribution in [0.2, 0.25) is 0 Å². The van der Waals surface area contributed by atoms with Crippen LogP contribution in [-0.2, 0) is 10.1 Å². The lowest BCUT2D eigenvalue weighted by molar-refractivity contribution is 0.101. The van der Waals surface area contributed by atoms with Gasteiger partial charge in [-0.25, -0.2) is 0 Å². The Morgan fingerprint density at radius 3 is 2.32 bits per heavy atom. The zero-order chi connectivity index (χ0) is 22.0. The number of ketones is 1. The van der Waals surface area contributed by atoms with Gasteiger partial charge in [-0.3, -0.25) is 4.79 Å². The van der Waals surface area contributed by atoms with Crippen molar-refractivity contribution in [2.24, 2.45) is 0 Å². The Balaban J connectivity index is 1.63. The van der Waals surface area contributed by atoms with Gasteiger partial charge < -0.3 is 18.4 Å². The first-order valence-electron chi connectivity index (χ1n) is 9.21. The standard InChI is InChI=1S/C23H18O7S/c1-27-16-9-11-20(28-2)15(12-16)13-22-23(24)19-10-8-17(14-21(19)29-22)30-31(25,26)18-6-4-3-5-7-18/h3-14H,1-2H3/b22-13-. The molecule has 0 atom stereocenters. The van der Waals surface area contributed by atoms with Crippen molar-refractivity contribution >= 4 is 22.0 Å². The minimum Gasteiger partial charge on any atom is -0.497 e. The van der Waals surface area contributed by atoms with Crippen LogP contribution >= 0.6 is 0 Å². The van der Waals surface area contributed by atoms with Gasteiger partial charge in [0.2, 0.25) is 5.78 Å². The lowest BCUT2D eigenvalue weighted by Gasteiger charge is -2.08. The second-order valence-corrected chi connectivity index (χ2v) is 8.10. The number of Topliss-reactive ketones (excluding diaryl/α,β-unsaturated/α-hetero) is 1. The van der Waals surface area contributed by atoms with E-state index in [-0.39, 0.29) is 27.9 Å². The maximum absolute atomic E-state index is 12.7. The van der Waals surface area contributed by atoms with Crippen LogP contribution in [-0.4, -0.2) is 28.4 Å². The molecule has 0 aliphatic carbocycles. The molecular weight excluding hydrogens is 420 g/mol. The Bertz CT molecular complexity index is 1280. The van der Waals surface area contributed by atoms with E-state index in [0.29, 0.717) is 22.6 Å². The van der Waals surface area contributed by atoms with Crippen molar-refractivity contribution < 1.29 is 31.6 Å². The van der Waals surface area contributed by atoms with Gasteiger partial charge in [-0.1, -0.05) is 18.2 Å². The molecule has 0 bridgehead atoms. The van der Waals surface area contributed by atoms with Gasteiger partial charge >= 0.3 is 10.1 Å². The van der Waals surface area contributed by atoms with Gasteiger partial charge in [-0.2, -0.15) is 8.42 Å². The molecule has 7 nitrogen and oxygen atoms in total. The van der Waals surface area contributed by atoms with Crippen LogP contribution in [0.1, 0.15) is 15.9 Å². The van der Waals surface area contributed by atoms with Crippen molar-refractivity contribution in [3.05, 3.63) is 83.6 Å². The number of ether oxygens (including phenoxy) is 3. The number of benzene rings is 3. The van der Waals surface area contributed by atoms with Gasteiger partial charge in [0.25, 0.3) is 0 Å². The van der Waals surface area contributed by atoms with E-state index in [1.54, 1.807) is 42.5 Å². The molecule has 0 spiro atoms. The number of methoxy groups -OCH3 is 2. The Labute approximate surface area is 179 Å². The molecule has 0 saturated heterocycles. The SMILES string of the molecule is COc1ccc(OC)c(/C=C2\Oc3cc(OS(=O)(=O)c4ccccc4)ccc3C2=O)c1. The maximum Gasteiger partial charge on any atom is 0.339 e. The highest BCUT2D eigenvalue weighted by Gasteiger charge is 2.29. The third-order valence-corrected chi connectivity index (χ3v) is 5.86. The number of hydrogen-bond donors (Lipinski definition) is 0. The largest absolute Gasteiger partial charge is 0.497 e. The summed E-state index contributed by atoms with van der Waals surface area (Å²) in [5, 5.41) is 0. The van der Waals surface area contributed by atoms with Crippen LogP contribution in [0.5, 0.6) is 23.0 Å². The van der Waals surface area contributed by atoms with E-state index in [1.807, 2.05) is 0 Å². The van der Waals surface area contributed by atoms with Crippen LogP contribution in [0.15, 0.2) is 77.4 Å². The average molecular weight is 438 g/mol. The average Bonchev–Trinajstić information content (AvgIpc) is 3.08. The number of allylic oxidation sites excluding steroid dienone is 1. The van der Waals surface area contributed by atoms with Gasteiger partial charge in [0, 0.05) is 11.6 Å². The first kappa shape index (κ1) is 20.5. The first-order chi connectivity index (χ1) is 14.9. The van der Waals surface area contributed by atoms with E-state index >= 15 is 0 Å². The van der Waals surface area contributed by atoms with Crippen LogP contribution < -0.4 is 18.4 Å². The van der Waals surface area contributed by atoms with Crippen molar-refractivity contribution in [2.75, 3.05) is 14.2 Å². The summed E-state index contributed by atoms with van der Waals surface area (Å²) in [7, 11) is -0.950. The molecule has 3 aromatic carbocycles. The van der Waals surface area contributed by atoms with Crippen LogP contribution in [0.3, 0.4) is 0 Å². The van der Waals surface area contributed by atoms with Gasteiger partial charge in [0.05, 0.1) is 19.8 Å². The summed E-state index contributed by atoms with van der Waals surface area (Å²) in [6, 6.07) is 17.2. The third kappa shape index (κ3) is 4.10. The minimum atomic E-state index is -4.01. The number of carbonyl (C=O) groups excluding carboxylic acids is 1. The van der Waals surface area contributed by atoms with E-state index in [2.05, 4.69) is 0 Å². The second kappa shape index (κ2) is 8.16. The molecule has 3 aromatic rings. The molecule has 158 valence electrons. The smallest absolute Gasteiger partial charge is 0.339 e. The number of rotatable bonds is 6. The lowest BCUT2D eigenvalue weighted by atomic mass is 10.1. The van der Waals surface area contributed by atoms with Crippen molar-refractivity contribution in [3.63, 3.8) is 0 Å². The van der Waals surface area contributed by atoms with Crippen LogP contribution in [0.4, 0.5) is 0 Å². The van der Waals surface area contributed by atoms with E-state index in [9.17, 15) is 13.2 Å². The molecule has 0 aromatic heterocycles. The fraction of sp³-hybridized carbons (Fsp3) is 0.0870. The van der Waals surface area contributed by atoms with Gasteiger partial charge in [-0.15, -0.1) is 0 Å². The highest BCUT2D eigenvalue weighted by Crippen LogP contribution is 2.37. The Morgan fingerprint density at radius 2 is 1.61 bits per heavy atom. The van der Waals surface area contributed by atoms with Gasteiger partial charge in [-0.05, 0) is 48.5 Å². The van der Waals surface area contributed by atoms with Gasteiger partial charge in [0.15, 0.2) is 5.76 Å². The zero-order valence-electron chi connectivity index (χ0n) is 16.7. The minimum absolute atomic E-state index is 0.0261. The molecule has 0 N–H and O–H groups in total. The Morgan fingerprint density at radius 1 is 0.871 bits per heavy atom. The molecule has 1 aliphatic heterocycles. The van der Waals surface area contributed by atoms with Crippen molar-refractivity contribution in [3.8, 4) is 23.0 Å². The molecule has 0 saturated carbocycles. The van der Waals surface area contributed by atoms with Crippen LogP contribution in [0.25, 0.3) is 6.08 Å². The molecule has 1 heterocycles. The molecule has 8 heteroatoms. The highest BCUT2D eigenvalue weighted by atomic mass is 32.2. The molecule has 0 fully saturated rings. The number of hydrogen-bond acceptors (Lipinski definition) is 7. The maximum atomic E-state index is 12.7. The number of fused-ring (bicyclic) bond motifs is 1.